The molecule has 13 heavy (non-hydrogen) atoms. The first-order chi connectivity index (χ1) is 6.11. The van der Waals surface area contributed by atoms with Crippen LogP contribution in [0.3, 0.4) is 0 Å². The van der Waals surface area contributed by atoms with E-state index < -0.39 is 24.5 Å². The van der Waals surface area contributed by atoms with E-state index >= 15 is 0 Å². The molecule has 5 nitrogen and oxygen atoms in total. The molecule has 0 bridgehead atoms. The fraction of sp³-hybridized carbons (Fsp3) is 1.00. The summed E-state index contributed by atoms with van der Waals surface area (Å²) in [4.78, 5) is 0. The van der Waals surface area contributed by atoms with E-state index in [2.05, 4.69) is 0 Å². The van der Waals surface area contributed by atoms with Gasteiger partial charge in [-0.3, -0.25) is 0 Å². The van der Waals surface area contributed by atoms with Crippen LogP contribution in [0.25, 0.3) is 0 Å². The Bertz CT molecular complexity index is 146. The van der Waals surface area contributed by atoms with Crippen molar-refractivity contribution in [3.8, 4) is 0 Å². The van der Waals surface area contributed by atoms with Gasteiger partial charge in [0.15, 0.2) is 6.29 Å². The van der Waals surface area contributed by atoms with Crippen LogP contribution in [0.2, 0.25) is 0 Å². The predicted octanol–water partition coefficient (Wildman–Crippen LogP) is -1.33. The highest BCUT2D eigenvalue weighted by Gasteiger charge is 2.40. The maximum absolute atomic E-state index is 9.65. The minimum absolute atomic E-state index is 0.134. The van der Waals surface area contributed by atoms with E-state index in [0.29, 0.717) is 0 Å². The standard InChI is InChI=1S/C8H17NO4/c1-4-5(3-10)13-8(12-2)6(9)7(4)11/h4-8,10-11H,3,9H2,1-2H3/t4?,5-,6-,7+,8?/m1/s1. The van der Waals surface area contributed by atoms with Crippen molar-refractivity contribution in [3.05, 3.63) is 0 Å². The summed E-state index contributed by atoms with van der Waals surface area (Å²) in [6, 6.07) is -0.553. The largest absolute Gasteiger partial charge is 0.394 e. The molecule has 1 heterocycles. The quantitative estimate of drug-likeness (QED) is 0.504. The summed E-state index contributed by atoms with van der Waals surface area (Å²) < 4.78 is 10.3. The van der Waals surface area contributed by atoms with Gasteiger partial charge in [0.25, 0.3) is 0 Å². The molecule has 1 rings (SSSR count). The van der Waals surface area contributed by atoms with Crippen LogP contribution in [0.15, 0.2) is 0 Å². The number of aliphatic hydroxyl groups is 2. The lowest BCUT2D eigenvalue weighted by Crippen LogP contribution is -2.58. The lowest BCUT2D eigenvalue weighted by atomic mass is 9.90. The molecular formula is C8H17NO4. The molecule has 1 saturated heterocycles. The van der Waals surface area contributed by atoms with Crippen molar-refractivity contribution < 1.29 is 19.7 Å². The summed E-state index contributed by atoms with van der Waals surface area (Å²) in [7, 11) is 1.46. The van der Waals surface area contributed by atoms with E-state index in [1.165, 1.54) is 7.11 Å². The SMILES string of the molecule is COC1O[C@H](CO)C(C)[C@H](O)[C@H]1N. The van der Waals surface area contributed by atoms with E-state index in [9.17, 15) is 5.11 Å². The first-order valence-corrected chi connectivity index (χ1v) is 4.34. The Kier molecular flexibility index (Phi) is 3.63. The van der Waals surface area contributed by atoms with Crippen LogP contribution in [-0.4, -0.2) is 48.5 Å². The van der Waals surface area contributed by atoms with Crippen molar-refractivity contribution in [2.75, 3.05) is 13.7 Å². The minimum Gasteiger partial charge on any atom is -0.394 e. The molecule has 0 aliphatic carbocycles. The topological polar surface area (TPSA) is 84.9 Å². The number of ether oxygens (including phenoxy) is 2. The molecule has 0 radical (unpaired) electrons. The van der Waals surface area contributed by atoms with Gasteiger partial charge in [0, 0.05) is 13.0 Å². The third-order valence-electron chi connectivity index (χ3n) is 2.55. The summed E-state index contributed by atoms with van der Waals surface area (Å²) >= 11 is 0. The fourth-order valence-electron chi connectivity index (χ4n) is 1.54. The van der Waals surface area contributed by atoms with Gasteiger partial charge >= 0.3 is 0 Å². The van der Waals surface area contributed by atoms with Crippen molar-refractivity contribution in [2.45, 2.75) is 31.5 Å². The van der Waals surface area contributed by atoms with Gasteiger partial charge in [-0.2, -0.15) is 0 Å². The Hall–Kier alpha value is -0.200. The number of rotatable bonds is 2. The van der Waals surface area contributed by atoms with Crippen molar-refractivity contribution in [3.63, 3.8) is 0 Å². The van der Waals surface area contributed by atoms with E-state index in [0.717, 1.165) is 0 Å². The van der Waals surface area contributed by atoms with Crippen LogP contribution < -0.4 is 5.73 Å². The summed E-state index contributed by atoms with van der Waals surface area (Å²) in [5.74, 6) is -0.175. The maximum atomic E-state index is 9.65. The van der Waals surface area contributed by atoms with Crippen molar-refractivity contribution in [1.29, 1.82) is 0 Å². The van der Waals surface area contributed by atoms with Gasteiger partial charge in [0.05, 0.1) is 24.9 Å². The van der Waals surface area contributed by atoms with E-state index in [-0.39, 0.29) is 12.5 Å². The molecule has 0 aromatic carbocycles. The monoisotopic (exact) mass is 191 g/mol. The van der Waals surface area contributed by atoms with Gasteiger partial charge in [0.1, 0.15) is 0 Å². The number of hydrogen-bond donors (Lipinski definition) is 3. The van der Waals surface area contributed by atoms with Crippen LogP contribution in [0.5, 0.6) is 0 Å². The van der Waals surface area contributed by atoms with Crippen LogP contribution in [0.4, 0.5) is 0 Å². The van der Waals surface area contributed by atoms with E-state index in [1.807, 2.05) is 0 Å². The summed E-state index contributed by atoms with van der Waals surface area (Å²) in [6.45, 7) is 1.65. The molecule has 1 aliphatic heterocycles. The zero-order valence-electron chi connectivity index (χ0n) is 7.88. The second kappa shape index (κ2) is 4.34. The van der Waals surface area contributed by atoms with Gasteiger partial charge in [-0.05, 0) is 0 Å². The number of methoxy groups -OCH3 is 1. The zero-order valence-corrected chi connectivity index (χ0v) is 7.88. The van der Waals surface area contributed by atoms with Gasteiger partial charge < -0.3 is 25.4 Å². The first-order valence-electron chi connectivity index (χ1n) is 4.34. The molecule has 2 unspecified atom stereocenters. The Labute approximate surface area is 77.4 Å². The molecule has 78 valence electrons. The first kappa shape index (κ1) is 10.9. The molecular weight excluding hydrogens is 174 g/mol. The van der Waals surface area contributed by atoms with Gasteiger partial charge in [-0.25, -0.2) is 0 Å². The molecule has 0 spiro atoms. The average Bonchev–Trinajstić information content (AvgIpc) is 2.15. The summed E-state index contributed by atoms with van der Waals surface area (Å²) in [5, 5.41) is 18.6. The second-order valence-corrected chi connectivity index (χ2v) is 3.39. The third kappa shape index (κ3) is 2.00. The second-order valence-electron chi connectivity index (χ2n) is 3.39. The molecule has 0 saturated carbocycles. The normalized spacial score (nSPS) is 46.4. The molecule has 5 heteroatoms. The predicted molar refractivity (Wildman–Crippen MR) is 45.9 cm³/mol. The Morgan fingerprint density at radius 2 is 2.15 bits per heavy atom. The van der Waals surface area contributed by atoms with Crippen molar-refractivity contribution >= 4 is 0 Å². The fourth-order valence-corrected chi connectivity index (χ4v) is 1.54. The number of hydrogen-bond acceptors (Lipinski definition) is 5. The number of aliphatic hydroxyl groups excluding tert-OH is 2. The molecule has 0 aromatic heterocycles. The highest BCUT2D eigenvalue weighted by Crippen LogP contribution is 2.24. The van der Waals surface area contributed by atoms with Crippen LogP contribution in [-0.2, 0) is 9.47 Å². The van der Waals surface area contributed by atoms with E-state index in [4.69, 9.17) is 20.3 Å². The maximum Gasteiger partial charge on any atom is 0.175 e. The highest BCUT2D eigenvalue weighted by molar-refractivity contribution is 4.88. The van der Waals surface area contributed by atoms with Gasteiger partial charge in [-0.15, -0.1) is 0 Å². The highest BCUT2D eigenvalue weighted by atomic mass is 16.7. The van der Waals surface area contributed by atoms with Crippen molar-refractivity contribution in [2.24, 2.45) is 11.7 Å². The summed E-state index contributed by atoms with van der Waals surface area (Å²) in [6.07, 6.45) is -1.74. The summed E-state index contributed by atoms with van der Waals surface area (Å²) in [5.41, 5.74) is 5.66. The molecule has 5 atom stereocenters. The Morgan fingerprint density at radius 1 is 1.54 bits per heavy atom. The molecule has 0 amide bonds. The minimum atomic E-state index is -0.698. The van der Waals surface area contributed by atoms with Crippen LogP contribution in [0.1, 0.15) is 6.92 Å². The van der Waals surface area contributed by atoms with Crippen molar-refractivity contribution in [1.82, 2.24) is 0 Å². The third-order valence-corrected chi connectivity index (χ3v) is 2.55. The van der Waals surface area contributed by atoms with Crippen LogP contribution in [0, 0.1) is 5.92 Å². The lowest BCUT2D eigenvalue weighted by Gasteiger charge is -2.40. The average molecular weight is 191 g/mol. The number of nitrogens with two attached hydrogens (primary N) is 1. The molecule has 1 aliphatic rings. The van der Waals surface area contributed by atoms with Gasteiger partial charge in [-0.1, -0.05) is 6.92 Å². The van der Waals surface area contributed by atoms with E-state index in [1.54, 1.807) is 6.92 Å². The smallest absolute Gasteiger partial charge is 0.175 e. The molecule has 4 N–H and O–H groups in total. The zero-order chi connectivity index (χ0) is 10.0. The molecule has 0 aromatic rings. The van der Waals surface area contributed by atoms with Gasteiger partial charge in [0.2, 0.25) is 0 Å². The van der Waals surface area contributed by atoms with Crippen LogP contribution >= 0.6 is 0 Å². The Morgan fingerprint density at radius 3 is 2.62 bits per heavy atom. The Balaban J connectivity index is 2.66. The molecule has 1 fully saturated rings. The lowest BCUT2D eigenvalue weighted by molar-refractivity contribution is -0.240.